The van der Waals surface area contributed by atoms with Crippen LogP contribution in [-0.4, -0.2) is 29.4 Å². The van der Waals surface area contributed by atoms with Gasteiger partial charge in [0.25, 0.3) is 5.91 Å². The number of nitrogens with one attached hydrogen (secondary N) is 2. The van der Waals surface area contributed by atoms with Crippen LogP contribution in [0.5, 0.6) is 0 Å². The lowest BCUT2D eigenvalue weighted by Crippen LogP contribution is -2.37. The third-order valence-corrected chi connectivity index (χ3v) is 6.75. The van der Waals surface area contributed by atoms with Crippen molar-refractivity contribution >= 4 is 45.6 Å². The summed E-state index contributed by atoms with van der Waals surface area (Å²) in [6.45, 7) is 3.09. The van der Waals surface area contributed by atoms with Gasteiger partial charge in [-0.15, -0.1) is 11.3 Å². The van der Waals surface area contributed by atoms with Crippen LogP contribution < -0.4 is 16.4 Å². The fourth-order valence-corrected chi connectivity index (χ4v) is 5.74. The van der Waals surface area contributed by atoms with Gasteiger partial charge in [-0.3, -0.25) is 15.0 Å². The van der Waals surface area contributed by atoms with E-state index in [1.54, 1.807) is 24.3 Å². The van der Waals surface area contributed by atoms with E-state index in [0.717, 1.165) is 31.4 Å². The van der Waals surface area contributed by atoms with Crippen molar-refractivity contribution in [2.45, 2.75) is 38.3 Å². The summed E-state index contributed by atoms with van der Waals surface area (Å²) in [6, 6.07) is 7.16. The zero-order chi connectivity index (χ0) is 19.1. The minimum atomic E-state index is -0.490. The van der Waals surface area contributed by atoms with Gasteiger partial charge in [-0.2, -0.15) is 0 Å². The molecule has 0 radical (unpaired) electrons. The molecule has 4 rings (SSSR count). The second kappa shape index (κ2) is 7.14. The van der Waals surface area contributed by atoms with Crippen molar-refractivity contribution in [3.63, 3.8) is 0 Å². The number of primary amides is 1. The molecule has 1 saturated heterocycles. The van der Waals surface area contributed by atoms with Crippen molar-refractivity contribution in [2.75, 3.05) is 17.2 Å². The third-order valence-electron chi connectivity index (χ3n) is 5.36. The average Bonchev–Trinajstić information content (AvgIpc) is 3.13. The molecule has 2 aliphatic rings. The lowest BCUT2D eigenvalue weighted by Gasteiger charge is -2.34. The van der Waals surface area contributed by atoms with Crippen molar-refractivity contribution in [1.29, 1.82) is 0 Å². The lowest BCUT2D eigenvalue weighted by atomic mass is 9.96. The number of rotatable bonds is 4. The number of benzene rings is 1. The van der Waals surface area contributed by atoms with Gasteiger partial charge in [-0.05, 0) is 55.6 Å². The number of fused-ring (bicyclic) bond motifs is 4. The van der Waals surface area contributed by atoms with E-state index in [-0.39, 0.29) is 6.04 Å². The van der Waals surface area contributed by atoms with Gasteiger partial charge in [-0.1, -0.05) is 18.5 Å². The van der Waals surface area contributed by atoms with E-state index in [1.807, 2.05) is 0 Å². The van der Waals surface area contributed by atoms with E-state index >= 15 is 0 Å². The predicted molar refractivity (Wildman–Crippen MR) is 109 cm³/mol. The number of hydrogen-bond acceptors (Lipinski definition) is 4. The minimum absolute atomic E-state index is 0.220. The van der Waals surface area contributed by atoms with E-state index in [1.165, 1.54) is 16.2 Å². The van der Waals surface area contributed by atoms with Crippen molar-refractivity contribution < 1.29 is 9.59 Å². The molecule has 142 valence electrons. The standard InChI is InChI=1S/C19H21ClN4O2S/c1-2-24-12-7-8-13(24)15-14(9-12)27-18(16(15)17(21)25)23-19(26)22-11-5-3-10(20)4-6-11/h3-6,12-13H,2,7-9H2,1H3,(H2,21,25)(H2,22,23,26). The first kappa shape index (κ1) is 18.3. The van der Waals surface area contributed by atoms with Crippen LogP contribution in [0.4, 0.5) is 15.5 Å². The molecule has 0 saturated carbocycles. The number of carbonyl (C=O) groups is 2. The SMILES string of the molecule is CCN1C2CCC1c1c(sc(NC(=O)Nc3ccc(Cl)cc3)c1C(N)=O)C2. The smallest absolute Gasteiger partial charge is 0.324 e. The maximum absolute atomic E-state index is 12.4. The van der Waals surface area contributed by atoms with Gasteiger partial charge in [0.05, 0.1) is 5.56 Å². The van der Waals surface area contributed by atoms with Crippen LogP contribution >= 0.6 is 22.9 Å². The fourth-order valence-electron chi connectivity index (χ4n) is 4.28. The molecule has 1 fully saturated rings. The van der Waals surface area contributed by atoms with Crippen LogP contribution in [0.1, 0.15) is 46.6 Å². The van der Waals surface area contributed by atoms with Gasteiger partial charge in [0.15, 0.2) is 0 Å². The fraction of sp³-hybridized carbons (Fsp3) is 0.368. The Kier molecular flexibility index (Phi) is 4.84. The molecule has 27 heavy (non-hydrogen) atoms. The molecule has 2 unspecified atom stereocenters. The molecular formula is C19H21ClN4O2S. The van der Waals surface area contributed by atoms with Gasteiger partial charge < -0.3 is 11.1 Å². The molecule has 0 aliphatic carbocycles. The van der Waals surface area contributed by atoms with E-state index in [2.05, 4.69) is 22.5 Å². The Labute approximate surface area is 166 Å². The van der Waals surface area contributed by atoms with Crippen molar-refractivity contribution in [3.05, 3.63) is 45.3 Å². The monoisotopic (exact) mass is 404 g/mol. The molecule has 2 atom stereocenters. The highest BCUT2D eigenvalue weighted by atomic mass is 35.5. The van der Waals surface area contributed by atoms with Crippen LogP contribution in [0.15, 0.2) is 24.3 Å². The summed E-state index contributed by atoms with van der Waals surface area (Å²) in [5.74, 6) is -0.490. The van der Waals surface area contributed by atoms with Crippen LogP contribution in [0.2, 0.25) is 5.02 Å². The highest BCUT2D eigenvalue weighted by molar-refractivity contribution is 7.17. The summed E-state index contributed by atoms with van der Waals surface area (Å²) in [6.07, 6.45) is 3.07. The summed E-state index contributed by atoms with van der Waals surface area (Å²) < 4.78 is 0. The molecule has 1 aromatic heterocycles. The Balaban J connectivity index is 1.61. The van der Waals surface area contributed by atoms with Crippen LogP contribution in [0.3, 0.4) is 0 Å². The highest BCUT2D eigenvalue weighted by Gasteiger charge is 2.43. The Morgan fingerprint density at radius 3 is 2.67 bits per heavy atom. The molecule has 1 aromatic carbocycles. The van der Waals surface area contributed by atoms with Crippen molar-refractivity contribution in [3.8, 4) is 0 Å². The topological polar surface area (TPSA) is 87.5 Å². The Hall–Kier alpha value is -2.09. The summed E-state index contributed by atoms with van der Waals surface area (Å²) in [7, 11) is 0. The number of anilines is 2. The largest absolute Gasteiger partial charge is 0.365 e. The van der Waals surface area contributed by atoms with E-state index in [0.29, 0.717) is 27.3 Å². The lowest BCUT2D eigenvalue weighted by molar-refractivity contribution is 0.0996. The van der Waals surface area contributed by atoms with E-state index in [4.69, 9.17) is 17.3 Å². The first-order valence-corrected chi connectivity index (χ1v) is 10.2. The second-order valence-corrected chi connectivity index (χ2v) is 8.42. The third kappa shape index (κ3) is 3.31. The quantitative estimate of drug-likeness (QED) is 0.712. The van der Waals surface area contributed by atoms with Crippen LogP contribution in [0, 0.1) is 0 Å². The zero-order valence-corrected chi connectivity index (χ0v) is 16.5. The van der Waals surface area contributed by atoms with E-state index < -0.39 is 11.9 Å². The molecular weight excluding hydrogens is 384 g/mol. The first-order chi connectivity index (χ1) is 13.0. The highest BCUT2D eigenvalue weighted by Crippen LogP contribution is 2.50. The molecule has 2 aliphatic heterocycles. The molecule has 2 bridgehead atoms. The summed E-state index contributed by atoms with van der Waals surface area (Å²) in [5.41, 5.74) is 7.81. The average molecular weight is 405 g/mol. The van der Waals surface area contributed by atoms with Crippen LogP contribution in [0.25, 0.3) is 0 Å². The zero-order valence-electron chi connectivity index (χ0n) is 14.9. The van der Waals surface area contributed by atoms with Gasteiger partial charge >= 0.3 is 6.03 Å². The normalized spacial score (nSPS) is 21.0. The first-order valence-electron chi connectivity index (χ1n) is 9.02. The molecule has 8 heteroatoms. The Bertz CT molecular complexity index is 896. The maximum Gasteiger partial charge on any atom is 0.324 e. The Morgan fingerprint density at radius 1 is 1.26 bits per heavy atom. The summed E-state index contributed by atoms with van der Waals surface area (Å²) in [4.78, 5) is 28.3. The summed E-state index contributed by atoms with van der Waals surface area (Å²) >= 11 is 7.34. The number of nitrogens with two attached hydrogens (primary N) is 1. The molecule has 3 heterocycles. The number of likely N-dealkylation sites (N-methyl/N-ethyl adjacent to an activating group) is 1. The number of nitrogens with zero attached hydrogens (tertiary/aromatic N) is 1. The number of thiophene rings is 1. The van der Waals surface area contributed by atoms with Crippen molar-refractivity contribution in [1.82, 2.24) is 4.90 Å². The number of halogens is 1. The Morgan fingerprint density at radius 2 is 2.00 bits per heavy atom. The maximum atomic E-state index is 12.4. The molecule has 3 amide bonds. The number of carbonyl (C=O) groups excluding carboxylic acids is 2. The van der Waals surface area contributed by atoms with E-state index in [9.17, 15) is 9.59 Å². The molecule has 0 spiro atoms. The van der Waals surface area contributed by atoms with Crippen molar-refractivity contribution in [2.24, 2.45) is 5.73 Å². The number of amides is 3. The van der Waals surface area contributed by atoms with Gasteiger partial charge in [-0.25, -0.2) is 4.79 Å². The molecule has 2 aromatic rings. The van der Waals surface area contributed by atoms with Gasteiger partial charge in [0.1, 0.15) is 5.00 Å². The second-order valence-electron chi connectivity index (χ2n) is 6.87. The number of urea groups is 1. The molecule has 6 nitrogen and oxygen atoms in total. The van der Waals surface area contributed by atoms with Crippen LogP contribution in [-0.2, 0) is 6.42 Å². The molecule has 4 N–H and O–H groups in total. The minimum Gasteiger partial charge on any atom is -0.365 e. The summed E-state index contributed by atoms with van der Waals surface area (Å²) in [5, 5.41) is 6.70. The van der Waals surface area contributed by atoms with Gasteiger partial charge in [0, 0.05) is 27.7 Å². The number of hydrogen-bond donors (Lipinski definition) is 3. The van der Waals surface area contributed by atoms with Gasteiger partial charge in [0.2, 0.25) is 0 Å². The predicted octanol–water partition coefficient (Wildman–Crippen LogP) is 4.23.